The van der Waals surface area contributed by atoms with Crippen LogP contribution in [0.15, 0.2) is 67.0 Å². The van der Waals surface area contributed by atoms with Gasteiger partial charge in [0.25, 0.3) is 0 Å². The van der Waals surface area contributed by atoms with Crippen LogP contribution >= 0.6 is 0 Å². The molecule has 1 aliphatic heterocycles. The number of para-hydroxylation sites is 1. The molecule has 2 aromatic carbocycles. The lowest BCUT2D eigenvalue weighted by Crippen LogP contribution is -2.41. The highest BCUT2D eigenvalue weighted by molar-refractivity contribution is 7.91. The Morgan fingerprint density at radius 2 is 1.87 bits per heavy atom. The maximum atomic E-state index is 13.3. The summed E-state index contributed by atoms with van der Waals surface area (Å²) in [5.74, 6) is 0.762. The Labute approximate surface area is 182 Å². The first-order valence-corrected chi connectivity index (χ1v) is 12.0. The van der Waals surface area contributed by atoms with E-state index in [4.69, 9.17) is 4.74 Å². The van der Waals surface area contributed by atoms with Gasteiger partial charge in [0.05, 0.1) is 36.9 Å². The first-order chi connectivity index (χ1) is 14.9. The quantitative estimate of drug-likeness (QED) is 0.565. The van der Waals surface area contributed by atoms with Gasteiger partial charge in [-0.15, -0.1) is 0 Å². The first-order valence-electron chi connectivity index (χ1n) is 10.2. The van der Waals surface area contributed by atoms with Crippen molar-refractivity contribution in [2.24, 2.45) is 0 Å². The van der Waals surface area contributed by atoms with Gasteiger partial charge in [0, 0.05) is 18.8 Å². The minimum absolute atomic E-state index is 0.0121. The number of carbonyl (C=O) groups is 1. The van der Waals surface area contributed by atoms with E-state index in [0.717, 1.165) is 22.6 Å². The molecule has 1 atom stereocenters. The fourth-order valence-corrected chi connectivity index (χ4v) is 5.55. The Bertz CT molecular complexity index is 1140. The van der Waals surface area contributed by atoms with E-state index >= 15 is 0 Å². The predicted molar refractivity (Wildman–Crippen MR) is 118 cm³/mol. The highest BCUT2D eigenvalue weighted by Crippen LogP contribution is 2.22. The Balaban J connectivity index is 1.53. The summed E-state index contributed by atoms with van der Waals surface area (Å²) in [4.78, 5) is 15.0. The van der Waals surface area contributed by atoms with Crippen molar-refractivity contribution in [3.05, 3.63) is 78.1 Å². The molecule has 0 N–H and O–H groups in total. The van der Waals surface area contributed by atoms with Gasteiger partial charge < -0.3 is 9.64 Å². The smallest absolute Gasteiger partial charge is 0.227 e. The maximum absolute atomic E-state index is 13.3. The molecule has 1 aromatic heterocycles. The van der Waals surface area contributed by atoms with Crippen LogP contribution in [-0.2, 0) is 27.6 Å². The fraction of sp³-hybridized carbons (Fsp3) is 0.304. The molecule has 7 nitrogen and oxygen atoms in total. The molecule has 1 aliphatic rings. The number of methoxy groups -OCH3 is 1. The average molecular weight is 440 g/mol. The van der Waals surface area contributed by atoms with Crippen molar-refractivity contribution in [1.82, 2.24) is 14.7 Å². The molecule has 0 spiro atoms. The van der Waals surface area contributed by atoms with Crippen molar-refractivity contribution < 1.29 is 17.9 Å². The van der Waals surface area contributed by atoms with Gasteiger partial charge >= 0.3 is 0 Å². The first kappa shape index (κ1) is 21.1. The third kappa shape index (κ3) is 5.14. The van der Waals surface area contributed by atoms with E-state index < -0.39 is 9.84 Å². The molecule has 1 unspecified atom stereocenters. The topological polar surface area (TPSA) is 81.5 Å². The van der Waals surface area contributed by atoms with Crippen molar-refractivity contribution in [3.63, 3.8) is 0 Å². The van der Waals surface area contributed by atoms with Gasteiger partial charge in [-0.1, -0.05) is 30.3 Å². The van der Waals surface area contributed by atoms with Gasteiger partial charge in [-0.3, -0.25) is 4.79 Å². The van der Waals surface area contributed by atoms with Crippen LogP contribution < -0.4 is 4.74 Å². The summed E-state index contributed by atoms with van der Waals surface area (Å²) in [6.07, 6.45) is 4.15. The molecule has 162 valence electrons. The molecule has 8 heteroatoms. The third-order valence-electron chi connectivity index (χ3n) is 5.49. The molecule has 4 rings (SSSR count). The van der Waals surface area contributed by atoms with Crippen molar-refractivity contribution >= 4 is 15.7 Å². The number of rotatable bonds is 7. The third-order valence-corrected chi connectivity index (χ3v) is 7.24. The maximum Gasteiger partial charge on any atom is 0.227 e. The number of ether oxygens (including phenoxy) is 1. The molecule has 2 heterocycles. The molecule has 3 aromatic rings. The van der Waals surface area contributed by atoms with Crippen molar-refractivity contribution in [1.29, 1.82) is 0 Å². The fourth-order valence-electron chi connectivity index (χ4n) is 3.82. The van der Waals surface area contributed by atoms with Crippen LogP contribution in [0.1, 0.15) is 17.5 Å². The number of carbonyl (C=O) groups excluding carboxylic acids is 1. The summed E-state index contributed by atoms with van der Waals surface area (Å²) in [6.45, 7) is 0.357. The van der Waals surface area contributed by atoms with Crippen LogP contribution in [0.4, 0.5) is 0 Å². The number of benzene rings is 2. The van der Waals surface area contributed by atoms with Crippen LogP contribution in [0.5, 0.6) is 5.75 Å². The van der Waals surface area contributed by atoms with E-state index in [1.165, 1.54) is 0 Å². The van der Waals surface area contributed by atoms with Gasteiger partial charge in [0.15, 0.2) is 9.84 Å². The largest absolute Gasteiger partial charge is 0.497 e. The van der Waals surface area contributed by atoms with Gasteiger partial charge in [0.2, 0.25) is 5.91 Å². The Morgan fingerprint density at radius 3 is 2.52 bits per heavy atom. The zero-order chi connectivity index (χ0) is 21.8. The lowest BCUT2D eigenvalue weighted by atomic mass is 10.1. The lowest BCUT2D eigenvalue weighted by molar-refractivity contribution is -0.133. The van der Waals surface area contributed by atoms with Gasteiger partial charge in [0.1, 0.15) is 5.75 Å². The van der Waals surface area contributed by atoms with Crippen molar-refractivity contribution in [3.8, 4) is 11.4 Å². The average Bonchev–Trinajstić information content (AvgIpc) is 3.39. The van der Waals surface area contributed by atoms with Gasteiger partial charge in [-0.2, -0.15) is 5.10 Å². The molecular formula is C23H25N3O4S. The second-order valence-electron chi connectivity index (χ2n) is 7.73. The lowest BCUT2D eigenvalue weighted by Gasteiger charge is -2.28. The van der Waals surface area contributed by atoms with Crippen molar-refractivity contribution in [2.45, 2.75) is 25.4 Å². The van der Waals surface area contributed by atoms with Crippen LogP contribution in [-0.4, -0.2) is 53.7 Å². The zero-order valence-electron chi connectivity index (χ0n) is 17.3. The Morgan fingerprint density at radius 1 is 1.13 bits per heavy atom. The predicted octanol–water partition coefficient (Wildman–Crippen LogP) is 2.64. The number of aromatic nitrogens is 2. The van der Waals surface area contributed by atoms with E-state index in [-0.39, 0.29) is 29.9 Å². The van der Waals surface area contributed by atoms with Crippen LogP contribution in [0.2, 0.25) is 0 Å². The van der Waals surface area contributed by atoms with Crippen LogP contribution in [0.3, 0.4) is 0 Å². The Hall–Kier alpha value is -3.13. The van der Waals surface area contributed by atoms with Crippen LogP contribution in [0.25, 0.3) is 5.69 Å². The second kappa shape index (κ2) is 8.93. The summed E-state index contributed by atoms with van der Waals surface area (Å²) >= 11 is 0. The number of hydrogen-bond donors (Lipinski definition) is 0. The van der Waals surface area contributed by atoms with Crippen LogP contribution in [0, 0.1) is 0 Å². The molecule has 1 amide bonds. The van der Waals surface area contributed by atoms with E-state index in [0.29, 0.717) is 13.0 Å². The summed E-state index contributed by atoms with van der Waals surface area (Å²) in [5.41, 5.74) is 2.63. The minimum Gasteiger partial charge on any atom is -0.497 e. The number of sulfone groups is 1. The number of nitrogens with zero attached hydrogens (tertiary/aromatic N) is 3. The number of hydrogen-bond acceptors (Lipinski definition) is 5. The minimum atomic E-state index is -3.11. The summed E-state index contributed by atoms with van der Waals surface area (Å²) in [7, 11) is -1.51. The molecular weight excluding hydrogens is 414 g/mol. The molecule has 1 fully saturated rings. The molecule has 0 aliphatic carbocycles. The van der Waals surface area contributed by atoms with E-state index in [1.54, 1.807) is 22.9 Å². The monoisotopic (exact) mass is 439 g/mol. The standard InChI is InChI=1S/C23H25N3O4S/c1-30-22-9-7-18(8-10-22)15-25(21-11-12-31(28,29)17-21)23(27)13-19-14-24-26(16-19)20-5-3-2-4-6-20/h2-10,14,16,21H,11-13,15,17H2,1H3. The zero-order valence-corrected chi connectivity index (χ0v) is 18.2. The second-order valence-corrected chi connectivity index (χ2v) is 9.96. The van der Waals surface area contributed by atoms with E-state index in [2.05, 4.69) is 5.10 Å². The molecule has 0 saturated carbocycles. The van der Waals surface area contributed by atoms with Crippen molar-refractivity contribution in [2.75, 3.05) is 18.6 Å². The molecule has 0 bridgehead atoms. The number of amides is 1. The molecule has 1 saturated heterocycles. The summed E-state index contributed by atoms with van der Waals surface area (Å²) in [6, 6.07) is 16.8. The summed E-state index contributed by atoms with van der Waals surface area (Å²) in [5, 5.41) is 4.36. The van der Waals surface area contributed by atoms with Gasteiger partial charge in [-0.05, 0) is 41.8 Å². The molecule has 31 heavy (non-hydrogen) atoms. The highest BCUT2D eigenvalue weighted by atomic mass is 32.2. The normalized spacial score (nSPS) is 17.4. The molecule has 0 radical (unpaired) electrons. The SMILES string of the molecule is COc1ccc(CN(C(=O)Cc2cnn(-c3ccccc3)c2)C2CCS(=O)(=O)C2)cc1. The highest BCUT2D eigenvalue weighted by Gasteiger charge is 2.34. The summed E-state index contributed by atoms with van der Waals surface area (Å²) < 4.78 is 31.0. The van der Waals surface area contributed by atoms with E-state index in [9.17, 15) is 13.2 Å². The Kier molecular flexibility index (Phi) is 6.08. The van der Waals surface area contributed by atoms with E-state index in [1.807, 2.05) is 60.8 Å². The van der Waals surface area contributed by atoms with Gasteiger partial charge in [-0.25, -0.2) is 13.1 Å².